The number of carbonyl (C=O) groups is 1. The molecule has 2 aromatic heterocycles. The van der Waals surface area contributed by atoms with Crippen LogP contribution in [0.5, 0.6) is 0 Å². The van der Waals surface area contributed by atoms with Crippen LogP contribution in [-0.2, 0) is 0 Å². The van der Waals surface area contributed by atoms with Crippen LogP contribution in [0.2, 0.25) is 0 Å². The van der Waals surface area contributed by atoms with E-state index in [4.69, 9.17) is 0 Å². The third kappa shape index (κ3) is 2.62. The van der Waals surface area contributed by atoms with Gasteiger partial charge >= 0.3 is 5.97 Å². The Hall–Kier alpha value is -1.99. The lowest BCUT2D eigenvalue weighted by molar-refractivity contribution is 0.0703. The highest BCUT2D eigenvalue weighted by Gasteiger charge is 2.19. The van der Waals surface area contributed by atoms with Gasteiger partial charge in [0.1, 0.15) is 10.7 Å². The Labute approximate surface area is 131 Å². The third-order valence-electron chi connectivity index (χ3n) is 2.87. The second kappa shape index (κ2) is 5.42. The van der Waals surface area contributed by atoms with E-state index in [2.05, 4.69) is 26.2 Å². The first kappa shape index (κ1) is 14.0. The van der Waals surface area contributed by atoms with Crippen molar-refractivity contribution in [2.45, 2.75) is 0 Å². The van der Waals surface area contributed by atoms with Crippen LogP contribution in [0.25, 0.3) is 10.1 Å². The van der Waals surface area contributed by atoms with Gasteiger partial charge in [-0.25, -0.2) is 9.18 Å². The Morgan fingerprint density at radius 2 is 2.19 bits per heavy atom. The number of hydrogen-bond acceptors (Lipinski definition) is 4. The van der Waals surface area contributed by atoms with Gasteiger partial charge in [-0.15, -0.1) is 11.3 Å². The smallest absolute Gasteiger partial charge is 0.348 e. The maximum Gasteiger partial charge on any atom is 0.348 e. The molecule has 4 nitrogen and oxygen atoms in total. The first-order valence-electron chi connectivity index (χ1n) is 5.88. The number of carboxylic acids is 1. The minimum atomic E-state index is -1.06. The number of aromatic nitrogens is 1. The topological polar surface area (TPSA) is 62.2 Å². The van der Waals surface area contributed by atoms with Crippen LogP contribution in [0.4, 0.5) is 15.8 Å². The molecule has 0 spiro atoms. The molecule has 1 aromatic carbocycles. The number of carboxylic acid groups (broad SMARTS) is 1. The van der Waals surface area contributed by atoms with Crippen LogP contribution >= 0.6 is 27.3 Å². The van der Waals surface area contributed by atoms with Gasteiger partial charge in [-0.2, -0.15) is 0 Å². The van der Waals surface area contributed by atoms with Crippen molar-refractivity contribution in [1.29, 1.82) is 0 Å². The van der Waals surface area contributed by atoms with Crippen molar-refractivity contribution in [3.8, 4) is 0 Å². The zero-order chi connectivity index (χ0) is 15.0. The molecule has 0 saturated heterocycles. The van der Waals surface area contributed by atoms with Crippen molar-refractivity contribution in [2.24, 2.45) is 0 Å². The predicted octanol–water partition coefficient (Wildman–Crippen LogP) is 4.64. The molecular weight excluding hydrogens is 359 g/mol. The number of halogens is 2. The highest BCUT2D eigenvalue weighted by molar-refractivity contribution is 9.10. The van der Waals surface area contributed by atoms with E-state index in [-0.39, 0.29) is 10.6 Å². The summed E-state index contributed by atoms with van der Waals surface area (Å²) in [5.41, 5.74) is 0.570. The molecular formula is C14H8BrFN2O2S. The number of anilines is 2. The molecule has 21 heavy (non-hydrogen) atoms. The van der Waals surface area contributed by atoms with Crippen molar-refractivity contribution in [3.63, 3.8) is 0 Å². The molecule has 0 bridgehead atoms. The fraction of sp³-hybridized carbons (Fsp3) is 0. The van der Waals surface area contributed by atoms with Gasteiger partial charge in [0, 0.05) is 27.0 Å². The molecule has 0 fully saturated rings. The summed E-state index contributed by atoms with van der Waals surface area (Å²) in [6.07, 6.45) is 3.16. The van der Waals surface area contributed by atoms with E-state index in [1.54, 1.807) is 30.6 Å². The van der Waals surface area contributed by atoms with Crippen molar-refractivity contribution in [1.82, 2.24) is 4.98 Å². The van der Waals surface area contributed by atoms with Gasteiger partial charge in [0.2, 0.25) is 0 Å². The van der Waals surface area contributed by atoms with Crippen molar-refractivity contribution in [2.75, 3.05) is 5.32 Å². The Morgan fingerprint density at radius 3 is 2.90 bits per heavy atom. The van der Waals surface area contributed by atoms with Gasteiger partial charge in [0.05, 0.1) is 11.4 Å². The molecule has 0 aliphatic heterocycles. The van der Waals surface area contributed by atoms with Gasteiger partial charge < -0.3 is 10.4 Å². The van der Waals surface area contributed by atoms with Crippen LogP contribution in [0, 0.1) is 5.82 Å². The molecule has 3 rings (SSSR count). The molecule has 0 aliphatic carbocycles. The molecule has 106 valence electrons. The first-order chi connectivity index (χ1) is 10.1. The lowest BCUT2D eigenvalue weighted by atomic mass is 10.2. The van der Waals surface area contributed by atoms with Crippen LogP contribution < -0.4 is 5.32 Å². The molecule has 3 aromatic rings. The fourth-order valence-electron chi connectivity index (χ4n) is 1.94. The summed E-state index contributed by atoms with van der Waals surface area (Å²) in [5.74, 6) is -1.53. The normalized spacial score (nSPS) is 10.8. The van der Waals surface area contributed by atoms with Crippen LogP contribution in [-0.4, -0.2) is 16.1 Å². The van der Waals surface area contributed by atoms with Gasteiger partial charge in [0.25, 0.3) is 0 Å². The van der Waals surface area contributed by atoms with Gasteiger partial charge in [-0.05, 0) is 24.3 Å². The largest absolute Gasteiger partial charge is 0.477 e. The first-order valence-corrected chi connectivity index (χ1v) is 7.49. The number of benzene rings is 1. The Balaban J connectivity index is 2.14. The van der Waals surface area contributed by atoms with E-state index in [1.807, 2.05) is 0 Å². The summed E-state index contributed by atoms with van der Waals surface area (Å²) in [4.78, 5) is 15.5. The Kier molecular flexibility index (Phi) is 3.60. The summed E-state index contributed by atoms with van der Waals surface area (Å²) in [6.45, 7) is 0. The van der Waals surface area contributed by atoms with E-state index < -0.39 is 11.8 Å². The Morgan fingerprint density at radius 1 is 1.38 bits per heavy atom. The molecule has 0 unspecified atom stereocenters. The molecule has 0 aliphatic rings. The number of nitrogens with one attached hydrogen (secondary N) is 1. The number of nitrogens with zero attached hydrogens (tertiary/aromatic N) is 1. The van der Waals surface area contributed by atoms with Crippen LogP contribution in [0.3, 0.4) is 0 Å². The van der Waals surface area contributed by atoms with Gasteiger partial charge in [-0.1, -0.05) is 15.9 Å². The van der Waals surface area contributed by atoms with Crippen molar-refractivity contribution >= 4 is 54.7 Å². The van der Waals surface area contributed by atoms with Crippen LogP contribution in [0.15, 0.2) is 41.1 Å². The highest BCUT2D eigenvalue weighted by Crippen LogP contribution is 2.37. The molecule has 2 N–H and O–H groups in total. The summed E-state index contributed by atoms with van der Waals surface area (Å²) < 4.78 is 15.3. The highest BCUT2D eigenvalue weighted by atomic mass is 79.9. The molecule has 0 amide bonds. The lowest BCUT2D eigenvalue weighted by Gasteiger charge is -2.08. The maximum atomic E-state index is 13.9. The van der Waals surface area contributed by atoms with E-state index in [1.165, 1.54) is 6.07 Å². The van der Waals surface area contributed by atoms with Crippen LogP contribution in [0.1, 0.15) is 9.67 Å². The SMILES string of the molecule is O=C(O)c1sc2ccncc2c1Nc1ccc(Br)cc1F. The van der Waals surface area contributed by atoms with Crippen molar-refractivity contribution < 1.29 is 14.3 Å². The second-order valence-corrected chi connectivity index (χ2v) is 6.20. The lowest BCUT2D eigenvalue weighted by Crippen LogP contribution is -2.00. The van der Waals surface area contributed by atoms with Crippen molar-refractivity contribution in [3.05, 3.63) is 51.8 Å². The zero-order valence-corrected chi connectivity index (χ0v) is 12.8. The van der Waals surface area contributed by atoms with Gasteiger partial charge in [-0.3, -0.25) is 4.98 Å². The average molecular weight is 367 g/mol. The molecule has 7 heteroatoms. The minimum absolute atomic E-state index is 0.125. The summed E-state index contributed by atoms with van der Waals surface area (Å²) in [5, 5.41) is 12.8. The fourth-order valence-corrected chi connectivity index (χ4v) is 3.24. The maximum absolute atomic E-state index is 13.9. The quantitative estimate of drug-likeness (QED) is 0.708. The summed E-state index contributed by atoms with van der Waals surface area (Å²) in [6, 6.07) is 6.27. The van der Waals surface area contributed by atoms with E-state index in [0.29, 0.717) is 15.5 Å². The number of thiophene rings is 1. The van der Waals surface area contributed by atoms with E-state index in [9.17, 15) is 14.3 Å². The zero-order valence-electron chi connectivity index (χ0n) is 10.4. The molecule has 2 heterocycles. The number of pyridine rings is 1. The number of fused-ring (bicyclic) bond motifs is 1. The number of rotatable bonds is 3. The second-order valence-electron chi connectivity index (χ2n) is 4.23. The molecule has 0 saturated carbocycles. The molecule has 0 radical (unpaired) electrons. The average Bonchev–Trinajstić information content (AvgIpc) is 2.81. The predicted molar refractivity (Wildman–Crippen MR) is 84.0 cm³/mol. The standard InChI is InChI=1S/C14H8BrFN2O2S/c15-7-1-2-10(9(16)5-7)18-12-8-6-17-4-3-11(8)21-13(12)14(19)20/h1-6,18H,(H,19,20). The number of hydrogen-bond donors (Lipinski definition) is 2. The Bertz CT molecular complexity index is 850. The minimum Gasteiger partial charge on any atom is -0.477 e. The van der Waals surface area contributed by atoms with E-state index >= 15 is 0 Å². The number of aromatic carboxylic acids is 1. The third-order valence-corrected chi connectivity index (χ3v) is 4.53. The van der Waals surface area contributed by atoms with E-state index in [0.717, 1.165) is 16.0 Å². The monoisotopic (exact) mass is 366 g/mol. The summed E-state index contributed by atoms with van der Waals surface area (Å²) in [7, 11) is 0. The summed E-state index contributed by atoms with van der Waals surface area (Å²) >= 11 is 4.31. The van der Waals surface area contributed by atoms with Gasteiger partial charge in [0.15, 0.2) is 0 Å². The molecule has 0 atom stereocenters.